The van der Waals surface area contributed by atoms with E-state index >= 15 is 0 Å². The molecule has 0 spiro atoms. The molecule has 2 aromatic carbocycles. The monoisotopic (exact) mass is 433 g/mol. The van der Waals surface area contributed by atoms with Gasteiger partial charge in [-0.25, -0.2) is 4.98 Å². The van der Waals surface area contributed by atoms with Crippen molar-refractivity contribution < 1.29 is 14.3 Å². The highest BCUT2D eigenvalue weighted by Crippen LogP contribution is 2.32. The number of nitrogens with one attached hydrogen (secondary N) is 1. The fourth-order valence-electron chi connectivity index (χ4n) is 3.58. The molecule has 0 fully saturated rings. The van der Waals surface area contributed by atoms with Gasteiger partial charge in [-0.2, -0.15) is 0 Å². The van der Waals surface area contributed by atoms with Crippen LogP contribution in [0.25, 0.3) is 10.2 Å². The van der Waals surface area contributed by atoms with Gasteiger partial charge in [0.1, 0.15) is 4.83 Å². The van der Waals surface area contributed by atoms with Gasteiger partial charge in [0.05, 0.1) is 23.1 Å². The first-order valence-corrected chi connectivity index (χ1v) is 10.6. The van der Waals surface area contributed by atoms with Crippen molar-refractivity contribution in [1.82, 2.24) is 14.9 Å². The summed E-state index contributed by atoms with van der Waals surface area (Å²) in [5.74, 6) is 1.15. The van der Waals surface area contributed by atoms with E-state index in [1.165, 1.54) is 11.3 Å². The van der Waals surface area contributed by atoms with Crippen molar-refractivity contribution in [2.24, 2.45) is 0 Å². The largest absolute Gasteiger partial charge is 0.454 e. The molecule has 1 N–H and O–H groups in total. The van der Waals surface area contributed by atoms with Crippen molar-refractivity contribution in [3.05, 3.63) is 86.8 Å². The summed E-state index contributed by atoms with van der Waals surface area (Å²) in [6.07, 6.45) is 1.54. The van der Waals surface area contributed by atoms with Crippen LogP contribution in [-0.2, 0) is 13.1 Å². The molecule has 1 aliphatic rings. The lowest BCUT2D eigenvalue weighted by Gasteiger charge is -2.06. The van der Waals surface area contributed by atoms with Crippen molar-refractivity contribution >= 4 is 27.5 Å². The predicted molar refractivity (Wildman–Crippen MR) is 118 cm³/mol. The highest BCUT2D eigenvalue weighted by molar-refractivity contribution is 7.20. The number of thiophene rings is 1. The van der Waals surface area contributed by atoms with Gasteiger partial charge in [0.25, 0.3) is 11.5 Å². The summed E-state index contributed by atoms with van der Waals surface area (Å²) in [5, 5.41) is 3.42. The van der Waals surface area contributed by atoms with E-state index in [0.29, 0.717) is 45.2 Å². The number of aryl methyl sites for hydroxylation is 1. The van der Waals surface area contributed by atoms with Gasteiger partial charge in [0.15, 0.2) is 11.5 Å². The molecule has 156 valence electrons. The molecule has 0 bridgehead atoms. The van der Waals surface area contributed by atoms with Crippen LogP contribution >= 0.6 is 11.3 Å². The molecule has 1 amide bonds. The maximum absolute atomic E-state index is 13.0. The van der Waals surface area contributed by atoms with Gasteiger partial charge in [0.2, 0.25) is 6.79 Å². The average molecular weight is 433 g/mol. The first-order valence-electron chi connectivity index (χ1n) is 9.79. The van der Waals surface area contributed by atoms with Gasteiger partial charge >= 0.3 is 0 Å². The Hall–Kier alpha value is -3.65. The number of fused-ring (bicyclic) bond motifs is 2. The molecule has 1 aliphatic heterocycles. The van der Waals surface area contributed by atoms with Crippen molar-refractivity contribution in [3.8, 4) is 11.5 Å². The van der Waals surface area contributed by atoms with Crippen LogP contribution in [0.4, 0.5) is 0 Å². The van der Waals surface area contributed by atoms with E-state index in [2.05, 4.69) is 10.3 Å². The van der Waals surface area contributed by atoms with E-state index < -0.39 is 0 Å². The average Bonchev–Trinajstić information content (AvgIpc) is 3.39. The Morgan fingerprint density at radius 3 is 2.77 bits per heavy atom. The molecule has 0 saturated carbocycles. The van der Waals surface area contributed by atoms with Crippen LogP contribution in [0.2, 0.25) is 0 Å². The third-order valence-corrected chi connectivity index (χ3v) is 6.41. The molecule has 7 nitrogen and oxygen atoms in total. The minimum atomic E-state index is -0.229. The smallest absolute Gasteiger partial charge is 0.262 e. The molecule has 0 aliphatic carbocycles. The SMILES string of the molecule is Cc1c(C(=O)NCc2ccc3c(c2)OCO3)sc2ncn(Cc3ccccc3)c(=O)c12. The lowest BCUT2D eigenvalue weighted by molar-refractivity contribution is 0.0954. The van der Waals surface area contributed by atoms with Gasteiger partial charge in [-0.05, 0) is 35.7 Å². The van der Waals surface area contributed by atoms with Crippen LogP contribution < -0.4 is 20.3 Å². The molecule has 0 atom stereocenters. The fourth-order valence-corrected chi connectivity index (χ4v) is 4.64. The molecule has 5 rings (SSSR count). The number of amides is 1. The number of ether oxygens (including phenoxy) is 2. The standard InChI is InChI=1S/C23H19N3O4S/c1-14-19-22(25-12-26(23(19)28)11-15-5-3-2-4-6-15)31-20(14)21(27)24-10-16-7-8-17-18(9-16)30-13-29-17/h2-9,12H,10-11,13H2,1H3,(H,24,27). The van der Waals surface area contributed by atoms with E-state index in [1.54, 1.807) is 17.8 Å². The van der Waals surface area contributed by atoms with E-state index in [1.807, 2.05) is 48.5 Å². The number of nitrogens with zero attached hydrogens (tertiary/aromatic N) is 2. The van der Waals surface area contributed by atoms with Crippen LogP contribution in [-0.4, -0.2) is 22.3 Å². The Balaban J connectivity index is 1.38. The first kappa shape index (κ1) is 19.3. The number of hydrogen-bond donors (Lipinski definition) is 1. The second kappa shape index (κ2) is 7.88. The molecule has 8 heteroatoms. The van der Waals surface area contributed by atoms with Gasteiger partial charge in [0, 0.05) is 6.54 Å². The van der Waals surface area contributed by atoms with Crippen molar-refractivity contribution in [3.63, 3.8) is 0 Å². The lowest BCUT2D eigenvalue weighted by atomic mass is 10.2. The molecular weight excluding hydrogens is 414 g/mol. The summed E-state index contributed by atoms with van der Waals surface area (Å²) in [4.78, 5) is 31.4. The summed E-state index contributed by atoms with van der Waals surface area (Å²) in [5.41, 5.74) is 2.43. The van der Waals surface area contributed by atoms with E-state index in [-0.39, 0.29) is 18.3 Å². The summed E-state index contributed by atoms with van der Waals surface area (Å²) in [6.45, 7) is 2.78. The van der Waals surface area contributed by atoms with Crippen LogP contribution in [0, 0.1) is 6.92 Å². The molecule has 31 heavy (non-hydrogen) atoms. The summed E-state index contributed by atoms with van der Waals surface area (Å²) >= 11 is 1.24. The van der Waals surface area contributed by atoms with Crippen molar-refractivity contribution in [2.75, 3.05) is 6.79 Å². The number of carbonyl (C=O) groups is 1. The number of aromatic nitrogens is 2. The van der Waals surface area contributed by atoms with Crippen molar-refractivity contribution in [2.45, 2.75) is 20.0 Å². The van der Waals surface area contributed by atoms with Crippen LogP contribution in [0.15, 0.2) is 59.7 Å². The van der Waals surface area contributed by atoms with Gasteiger partial charge in [-0.3, -0.25) is 14.2 Å². The Bertz CT molecular complexity index is 1340. The lowest BCUT2D eigenvalue weighted by Crippen LogP contribution is -2.23. The minimum Gasteiger partial charge on any atom is -0.454 e. The maximum atomic E-state index is 13.0. The second-order valence-electron chi connectivity index (χ2n) is 7.27. The molecule has 4 aromatic rings. The zero-order valence-electron chi connectivity index (χ0n) is 16.8. The maximum Gasteiger partial charge on any atom is 0.262 e. The molecule has 0 saturated heterocycles. The summed E-state index contributed by atoms with van der Waals surface area (Å²) < 4.78 is 12.3. The molecule has 3 heterocycles. The molecular formula is C23H19N3O4S. The highest BCUT2D eigenvalue weighted by atomic mass is 32.1. The topological polar surface area (TPSA) is 82.4 Å². The highest BCUT2D eigenvalue weighted by Gasteiger charge is 2.20. The number of carbonyl (C=O) groups excluding carboxylic acids is 1. The Labute approximate surface area is 181 Å². The third-order valence-electron chi connectivity index (χ3n) is 5.21. The van der Waals surface area contributed by atoms with Crippen LogP contribution in [0.3, 0.4) is 0 Å². The quantitative estimate of drug-likeness (QED) is 0.521. The van der Waals surface area contributed by atoms with E-state index in [0.717, 1.165) is 11.1 Å². The predicted octanol–water partition coefficient (Wildman–Crippen LogP) is 3.47. The van der Waals surface area contributed by atoms with Crippen LogP contribution in [0.1, 0.15) is 26.4 Å². The normalized spacial score (nSPS) is 12.3. The number of rotatable bonds is 5. The second-order valence-corrected chi connectivity index (χ2v) is 8.27. The van der Waals surface area contributed by atoms with Gasteiger partial charge in [-0.1, -0.05) is 36.4 Å². The Kier molecular flexibility index (Phi) is 4.91. The number of benzene rings is 2. The van der Waals surface area contributed by atoms with Gasteiger partial charge < -0.3 is 14.8 Å². The summed E-state index contributed by atoms with van der Waals surface area (Å²) in [6, 6.07) is 15.3. The molecule has 0 radical (unpaired) electrons. The number of hydrogen-bond acceptors (Lipinski definition) is 6. The first-order chi connectivity index (χ1) is 15.1. The van der Waals surface area contributed by atoms with E-state index in [4.69, 9.17) is 9.47 Å². The Morgan fingerprint density at radius 2 is 1.94 bits per heavy atom. The fraction of sp³-hybridized carbons (Fsp3) is 0.174. The summed E-state index contributed by atoms with van der Waals surface area (Å²) in [7, 11) is 0. The van der Waals surface area contributed by atoms with Gasteiger partial charge in [-0.15, -0.1) is 11.3 Å². The van der Waals surface area contributed by atoms with E-state index in [9.17, 15) is 9.59 Å². The Morgan fingerprint density at radius 1 is 1.13 bits per heavy atom. The molecule has 2 aromatic heterocycles. The third kappa shape index (κ3) is 3.66. The molecule has 0 unspecified atom stereocenters. The minimum absolute atomic E-state index is 0.141. The van der Waals surface area contributed by atoms with Crippen molar-refractivity contribution in [1.29, 1.82) is 0 Å². The zero-order chi connectivity index (χ0) is 21.4. The zero-order valence-corrected chi connectivity index (χ0v) is 17.6. The van der Waals surface area contributed by atoms with Crippen LogP contribution in [0.5, 0.6) is 11.5 Å².